The van der Waals surface area contributed by atoms with Crippen LogP contribution < -0.4 is 5.56 Å². The Labute approximate surface area is 79.2 Å². The summed E-state index contributed by atoms with van der Waals surface area (Å²) in [4.78, 5) is 15.4. The Bertz CT molecular complexity index is 500. The van der Waals surface area contributed by atoms with Crippen LogP contribution in [-0.2, 0) is 6.42 Å². The van der Waals surface area contributed by atoms with Crippen LogP contribution in [0.3, 0.4) is 0 Å². The van der Waals surface area contributed by atoms with Gasteiger partial charge in [0.25, 0.3) is 5.56 Å². The molecule has 0 spiro atoms. The number of aromatic amines is 1. The highest BCUT2D eigenvalue weighted by Gasteiger charge is 2.05. The topological polar surface area (TPSA) is 50.2 Å². The van der Waals surface area contributed by atoms with Gasteiger partial charge in [-0.2, -0.15) is 0 Å². The highest BCUT2D eigenvalue weighted by molar-refractivity contribution is 6.29. The maximum Gasteiger partial charge on any atom is 0.274 e. The molecule has 0 atom stereocenters. The van der Waals surface area contributed by atoms with Crippen molar-refractivity contribution in [3.63, 3.8) is 0 Å². The molecular formula is C8H8ClN3O. The smallest absolute Gasteiger partial charge is 0.274 e. The van der Waals surface area contributed by atoms with E-state index in [1.807, 2.05) is 6.92 Å². The summed E-state index contributed by atoms with van der Waals surface area (Å²) in [5.41, 5.74) is 1.41. The van der Waals surface area contributed by atoms with Crippen LogP contribution in [0.4, 0.5) is 0 Å². The Morgan fingerprint density at radius 2 is 2.46 bits per heavy atom. The summed E-state index contributed by atoms with van der Waals surface area (Å²) in [5, 5.41) is 3.05. The van der Waals surface area contributed by atoms with Gasteiger partial charge in [-0.3, -0.25) is 9.89 Å². The first-order chi connectivity index (χ1) is 6.22. The first-order valence-electron chi connectivity index (χ1n) is 3.98. The first-order valence-corrected chi connectivity index (χ1v) is 4.35. The molecule has 5 heteroatoms. The molecule has 0 radical (unpaired) electrons. The number of nitrogens with one attached hydrogen (secondary N) is 1. The van der Waals surface area contributed by atoms with Gasteiger partial charge < -0.3 is 0 Å². The molecule has 2 rings (SSSR count). The van der Waals surface area contributed by atoms with Crippen LogP contribution in [0.15, 0.2) is 17.1 Å². The molecule has 2 aromatic heterocycles. The number of rotatable bonds is 1. The lowest BCUT2D eigenvalue weighted by atomic mass is 10.3. The van der Waals surface area contributed by atoms with Crippen molar-refractivity contribution in [2.45, 2.75) is 13.3 Å². The molecule has 0 bridgehead atoms. The number of H-pyrrole nitrogens is 1. The molecule has 0 aromatic carbocycles. The molecule has 13 heavy (non-hydrogen) atoms. The van der Waals surface area contributed by atoms with Gasteiger partial charge in [-0.15, -0.1) is 0 Å². The molecule has 0 amide bonds. The third kappa shape index (κ3) is 1.23. The van der Waals surface area contributed by atoms with E-state index in [4.69, 9.17) is 11.6 Å². The van der Waals surface area contributed by atoms with Gasteiger partial charge in [0.1, 0.15) is 5.15 Å². The van der Waals surface area contributed by atoms with Crippen molar-refractivity contribution in [1.82, 2.24) is 14.6 Å². The maximum atomic E-state index is 11.3. The number of aromatic nitrogens is 3. The maximum absolute atomic E-state index is 11.3. The summed E-state index contributed by atoms with van der Waals surface area (Å²) >= 11 is 5.67. The molecule has 4 nitrogen and oxygen atoms in total. The molecule has 2 aromatic rings. The number of hydrogen-bond acceptors (Lipinski definition) is 2. The number of hydrogen-bond donors (Lipinski definition) is 1. The Morgan fingerprint density at radius 1 is 1.69 bits per heavy atom. The Balaban J connectivity index is 2.90. The molecule has 0 aliphatic carbocycles. The number of nitrogens with zero attached hydrogens (tertiary/aromatic N) is 2. The summed E-state index contributed by atoms with van der Waals surface area (Å²) < 4.78 is 1.38. The summed E-state index contributed by atoms with van der Waals surface area (Å²) in [6.07, 6.45) is 2.58. The normalized spacial score (nSPS) is 10.9. The first kappa shape index (κ1) is 8.31. The van der Waals surface area contributed by atoms with E-state index in [-0.39, 0.29) is 10.7 Å². The van der Waals surface area contributed by atoms with E-state index in [0.29, 0.717) is 5.65 Å². The van der Waals surface area contributed by atoms with E-state index < -0.39 is 0 Å². The monoisotopic (exact) mass is 197 g/mol. The molecule has 68 valence electrons. The molecule has 0 unspecified atom stereocenters. The molecule has 0 aliphatic rings. The van der Waals surface area contributed by atoms with Crippen molar-refractivity contribution >= 4 is 17.2 Å². The predicted octanol–water partition coefficient (Wildman–Crippen LogP) is 1.24. The Morgan fingerprint density at radius 3 is 3.15 bits per heavy atom. The Kier molecular flexibility index (Phi) is 1.84. The van der Waals surface area contributed by atoms with Crippen LogP contribution in [-0.4, -0.2) is 14.6 Å². The van der Waals surface area contributed by atoms with E-state index in [9.17, 15) is 4.79 Å². The molecule has 0 saturated heterocycles. The summed E-state index contributed by atoms with van der Waals surface area (Å²) in [6.45, 7) is 2.00. The number of fused-ring (bicyclic) bond motifs is 1. The van der Waals surface area contributed by atoms with Crippen molar-refractivity contribution < 1.29 is 0 Å². The lowest BCUT2D eigenvalue weighted by Gasteiger charge is -1.94. The van der Waals surface area contributed by atoms with Crippen LogP contribution >= 0.6 is 11.6 Å². The van der Waals surface area contributed by atoms with Crippen LogP contribution in [0.2, 0.25) is 5.15 Å². The van der Waals surface area contributed by atoms with Gasteiger partial charge in [-0.1, -0.05) is 18.5 Å². The molecule has 0 fully saturated rings. The highest BCUT2D eigenvalue weighted by atomic mass is 35.5. The van der Waals surface area contributed by atoms with Gasteiger partial charge in [-0.05, 0) is 6.42 Å². The summed E-state index contributed by atoms with van der Waals surface area (Å²) in [7, 11) is 0. The third-order valence-corrected chi connectivity index (χ3v) is 2.12. The molecule has 0 saturated carbocycles. The zero-order valence-corrected chi connectivity index (χ0v) is 7.80. The fourth-order valence-corrected chi connectivity index (χ4v) is 1.44. The largest absolute Gasteiger partial charge is 0.297 e. The predicted molar refractivity (Wildman–Crippen MR) is 50.2 cm³/mol. The molecule has 0 aliphatic heterocycles. The number of halogens is 1. The highest BCUT2D eigenvalue weighted by Crippen LogP contribution is 2.09. The van der Waals surface area contributed by atoms with Crippen molar-refractivity contribution in [3.05, 3.63) is 33.3 Å². The second-order valence-corrected chi connectivity index (χ2v) is 3.12. The van der Waals surface area contributed by atoms with E-state index in [1.165, 1.54) is 10.6 Å². The van der Waals surface area contributed by atoms with Crippen molar-refractivity contribution in [2.24, 2.45) is 0 Å². The minimum atomic E-state index is -0.185. The van der Waals surface area contributed by atoms with Crippen LogP contribution in [0.1, 0.15) is 12.5 Å². The standard InChI is InChI=1S/C8H8ClN3O/c1-2-5-4-10-12-7(13)3-6(9)11-8(5)12/h3-4,10H,2H2,1H3. The lowest BCUT2D eigenvalue weighted by Crippen LogP contribution is -2.13. The second-order valence-electron chi connectivity index (χ2n) is 2.73. The summed E-state index contributed by atoms with van der Waals surface area (Å²) in [6, 6.07) is 1.28. The zero-order chi connectivity index (χ0) is 9.42. The van der Waals surface area contributed by atoms with Gasteiger partial charge in [-0.25, -0.2) is 9.50 Å². The van der Waals surface area contributed by atoms with Crippen LogP contribution in [0, 0.1) is 0 Å². The van der Waals surface area contributed by atoms with Gasteiger partial charge in [0.05, 0.1) is 0 Å². The van der Waals surface area contributed by atoms with E-state index in [0.717, 1.165) is 12.0 Å². The fraction of sp³-hybridized carbons (Fsp3) is 0.250. The van der Waals surface area contributed by atoms with E-state index >= 15 is 0 Å². The quantitative estimate of drug-likeness (QED) is 0.700. The zero-order valence-electron chi connectivity index (χ0n) is 7.04. The molecule has 1 N–H and O–H groups in total. The van der Waals surface area contributed by atoms with Gasteiger partial charge in [0.15, 0.2) is 5.65 Å². The van der Waals surface area contributed by atoms with Crippen molar-refractivity contribution in [2.75, 3.05) is 0 Å². The molecular weight excluding hydrogens is 190 g/mol. The molecule has 2 heterocycles. The van der Waals surface area contributed by atoms with Gasteiger partial charge in [0, 0.05) is 17.8 Å². The van der Waals surface area contributed by atoms with E-state index in [1.54, 1.807) is 6.20 Å². The van der Waals surface area contributed by atoms with Crippen LogP contribution in [0.25, 0.3) is 5.65 Å². The van der Waals surface area contributed by atoms with Crippen molar-refractivity contribution in [1.29, 1.82) is 0 Å². The van der Waals surface area contributed by atoms with E-state index in [2.05, 4.69) is 10.1 Å². The average molecular weight is 198 g/mol. The third-order valence-electron chi connectivity index (χ3n) is 1.92. The van der Waals surface area contributed by atoms with Gasteiger partial charge in [0.2, 0.25) is 0 Å². The van der Waals surface area contributed by atoms with Crippen LogP contribution in [0.5, 0.6) is 0 Å². The second kappa shape index (κ2) is 2.88. The van der Waals surface area contributed by atoms with Crippen molar-refractivity contribution in [3.8, 4) is 0 Å². The summed E-state index contributed by atoms with van der Waals surface area (Å²) in [5.74, 6) is 0. The Hall–Kier alpha value is -1.29. The minimum Gasteiger partial charge on any atom is -0.297 e. The fourth-order valence-electron chi connectivity index (χ4n) is 1.26. The SMILES string of the molecule is CCc1c[nH]n2c(=O)cc(Cl)nc12. The number of aryl methyl sites for hydroxylation is 1. The average Bonchev–Trinajstić information content (AvgIpc) is 2.47. The lowest BCUT2D eigenvalue weighted by molar-refractivity contribution is 0.899. The minimum absolute atomic E-state index is 0.185. The van der Waals surface area contributed by atoms with Gasteiger partial charge >= 0.3 is 0 Å².